The summed E-state index contributed by atoms with van der Waals surface area (Å²) in [6.07, 6.45) is 3.20. The van der Waals surface area contributed by atoms with Gasteiger partial charge in [0.1, 0.15) is 5.82 Å². The SMILES string of the molecule is C[C@@H]1CCCN(C(=O)CCc2ccccc2F)C1. The van der Waals surface area contributed by atoms with Gasteiger partial charge in [-0.3, -0.25) is 4.79 Å². The second-order valence-electron chi connectivity index (χ2n) is 5.18. The van der Waals surface area contributed by atoms with Gasteiger partial charge in [0.15, 0.2) is 0 Å². The maximum Gasteiger partial charge on any atom is 0.222 e. The Hall–Kier alpha value is -1.38. The highest BCUT2D eigenvalue weighted by Crippen LogP contribution is 2.17. The van der Waals surface area contributed by atoms with Crippen molar-refractivity contribution in [2.45, 2.75) is 32.6 Å². The van der Waals surface area contributed by atoms with E-state index in [9.17, 15) is 9.18 Å². The van der Waals surface area contributed by atoms with Crippen molar-refractivity contribution in [1.82, 2.24) is 4.90 Å². The highest BCUT2D eigenvalue weighted by atomic mass is 19.1. The summed E-state index contributed by atoms with van der Waals surface area (Å²) in [6.45, 7) is 3.90. The molecule has 0 bridgehead atoms. The molecule has 0 aliphatic carbocycles. The lowest BCUT2D eigenvalue weighted by Gasteiger charge is -2.31. The fourth-order valence-electron chi connectivity index (χ4n) is 2.52. The largest absolute Gasteiger partial charge is 0.342 e. The van der Waals surface area contributed by atoms with E-state index < -0.39 is 0 Å². The van der Waals surface area contributed by atoms with Crippen LogP contribution in [0.2, 0.25) is 0 Å². The van der Waals surface area contributed by atoms with Crippen LogP contribution in [0.5, 0.6) is 0 Å². The number of carbonyl (C=O) groups is 1. The zero-order valence-corrected chi connectivity index (χ0v) is 10.9. The fourth-order valence-corrected chi connectivity index (χ4v) is 2.52. The summed E-state index contributed by atoms with van der Waals surface area (Å²) in [6, 6.07) is 6.68. The van der Waals surface area contributed by atoms with Crippen molar-refractivity contribution >= 4 is 5.91 Å². The van der Waals surface area contributed by atoms with Crippen molar-refractivity contribution in [2.75, 3.05) is 13.1 Å². The molecule has 1 aromatic carbocycles. The first-order valence-electron chi connectivity index (χ1n) is 6.68. The number of amides is 1. The van der Waals surface area contributed by atoms with Gasteiger partial charge in [-0.25, -0.2) is 4.39 Å². The van der Waals surface area contributed by atoms with Gasteiger partial charge in [-0.15, -0.1) is 0 Å². The topological polar surface area (TPSA) is 20.3 Å². The highest BCUT2D eigenvalue weighted by Gasteiger charge is 2.20. The predicted molar refractivity (Wildman–Crippen MR) is 69.7 cm³/mol. The maximum absolute atomic E-state index is 13.4. The number of carbonyl (C=O) groups excluding carboxylic acids is 1. The first-order chi connectivity index (χ1) is 8.66. The Labute approximate surface area is 108 Å². The number of likely N-dealkylation sites (tertiary alicyclic amines) is 1. The Morgan fingerprint density at radius 3 is 2.94 bits per heavy atom. The minimum atomic E-state index is -0.211. The molecule has 0 saturated carbocycles. The molecule has 1 aliphatic rings. The molecule has 2 rings (SSSR count). The Balaban J connectivity index is 1.86. The summed E-state index contributed by atoms with van der Waals surface area (Å²) in [5.41, 5.74) is 0.635. The van der Waals surface area contributed by atoms with E-state index in [0.29, 0.717) is 24.3 Å². The van der Waals surface area contributed by atoms with Crippen LogP contribution in [0.15, 0.2) is 24.3 Å². The Morgan fingerprint density at radius 2 is 2.22 bits per heavy atom. The molecule has 1 heterocycles. The van der Waals surface area contributed by atoms with Gasteiger partial charge in [0.2, 0.25) is 5.91 Å². The summed E-state index contributed by atoms with van der Waals surface area (Å²) in [5.74, 6) is 0.540. The zero-order chi connectivity index (χ0) is 13.0. The van der Waals surface area contributed by atoms with E-state index >= 15 is 0 Å². The number of benzene rings is 1. The van der Waals surface area contributed by atoms with E-state index in [4.69, 9.17) is 0 Å². The summed E-state index contributed by atoms with van der Waals surface area (Å²) in [4.78, 5) is 14.0. The number of halogens is 1. The molecule has 1 aromatic rings. The first-order valence-corrected chi connectivity index (χ1v) is 6.68. The van der Waals surface area contributed by atoms with Crippen molar-refractivity contribution in [3.63, 3.8) is 0 Å². The molecule has 3 heteroatoms. The Kier molecular flexibility index (Phi) is 4.34. The van der Waals surface area contributed by atoms with Crippen molar-refractivity contribution in [2.24, 2.45) is 5.92 Å². The number of nitrogens with zero attached hydrogens (tertiary/aromatic N) is 1. The van der Waals surface area contributed by atoms with Gasteiger partial charge >= 0.3 is 0 Å². The van der Waals surface area contributed by atoms with Gasteiger partial charge in [0.25, 0.3) is 0 Å². The van der Waals surface area contributed by atoms with Crippen LogP contribution >= 0.6 is 0 Å². The molecule has 1 atom stereocenters. The van der Waals surface area contributed by atoms with E-state index in [0.717, 1.165) is 19.5 Å². The third kappa shape index (κ3) is 3.31. The molecule has 1 amide bonds. The quantitative estimate of drug-likeness (QED) is 0.806. The monoisotopic (exact) mass is 249 g/mol. The Morgan fingerprint density at radius 1 is 1.44 bits per heavy atom. The number of rotatable bonds is 3. The number of piperidine rings is 1. The molecule has 2 nitrogen and oxygen atoms in total. The van der Waals surface area contributed by atoms with Gasteiger partial charge in [-0.05, 0) is 36.8 Å². The Bertz CT molecular complexity index is 419. The van der Waals surface area contributed by atoms with Gasteiger partial charge in [-0.2, -0.15) is 0 Å². The van der Waals surface area contributed by atoms with E-state index in [1.54, 1.807) is 12.1 Å². The molecule has 18 heavy (non-hydrogen) atoms. The predicted octanol–water partition coefficient (Wildman–Crippen LogP) is 3.02. The standard InChI is InChI=1S/C15H20FNO/c1-12-5-4-10-17(11-12)15(18)9-8-13-6-2-3-7-14(13)16/h2-3,6-7,12H,4-5,8-11H2,1H3/t12-/m1/s1. The van der Waals surface area contributed by atoms with E-state index in [2.05, 4.69) is 6.92 Å². The molecule has 98 valence electrons. The van der Waals surface area contributed by atoms with Crippen molar-refractivity contribution in [3.05, 3.63) is 35.6 Å². The molecule has 0 unspecified atom stereocenters. The minimum absolute atomic E-state index is 0.157. The van der Waals surface area contributed by atoms with Gasteiger partial charge < -0.3 is 4.90 Å². The van der Waals surface area contributed by atoms with E-state index in [1.807, 2.05) is 11.0 Å². The molecular weight excluding hydrogens is 229 g/mol. The van der Waals surface area contributed by atoms with Crippen molar-refractivity contribution in [1.29, 1.82) is 0 Å². The first kappa shape index (κ1) is 13.1. The van der Waals surface area contributed by atoms with Gasteiger partial charge in [-0.1, -0.05) is 25.1 Å². The lowest BCUT2D eigenvalue weighted by atomic mass is 9.99. The molecule has 0 spiro atoms. The fraction of sp³-hybridized carbons (Fsp3) is 0.533. The zero-order valence-electron chi connectivity index (χ0n) is 10.9. The molecule has 1 fully saturated rings. The van der Waals surface area contributed by atoms with Crippen LogP contribution in [-0.2, 0) is 11.2 Å². The van der Waals surface area contributed by atoms with Crippen molar-refractivity contribution < 1.29 is 9.18 Å². The summed E-state index contributed by atoms with van der Waals surface area (Å²) >= 11 is 0. The molecule has 0 radical (unpaired) electrons. The van der Waals surface area contributed by atoms with E-state index in [-0.39, 0.29) is 11.7 Å². The lowest BCUT2D eigenvalue weighted by molar-refractivity contribution is -0.132. The summed E-state index contributed by atoms with van der Waals surface area (Å²) in [7, 11) is 0. The normalized spacial score (nSPS) is 19.9. The van der Waals surface area contributed by atoms with Crippen LogP contribution in [0.3, 0.4) is 0 Å². The lowest BCUT2D eigenvalue weighted by Crippen LogP contribution is -2.39. The van der Waals surface area contributed by atoms with Crippen LogP contribution in [0.1, 0.15) is 31.7 Å². The van der Waals surface area contributed by atoms with Crippen LogP contribution in [0, 0.1) is 11.7 Å². The van der Waals surface area contributed by atoms with E-state index in [1.165, 1.54) is 12.5 Å². The third-order valence-corrected chi connectivity index (χ3v) is 3.58. The molecule has 0 N–H and O–H groups in total. The second kappa shape index (κ2) is 5.98. The van der Waals surface area contributed by atoms with Gasteiger partial charge in [0, 0.05) is 19.5 Å². The minimum Gasteiger partial charge on any atom is -0.342 e. The number of aryl methyl sites for hydroxylation is 1. The molecule has 1 aliphatic heterocycles. The highest BCUT2D eigenvalue weighted by molar-refractivity contribution is 5.76. The smallest absolute Gasteiger partial charge is 0.222 e. The van der Waals surface area contributed by atoms with Crippen LogP contribution < -0.4 is 0 Å². The molecular formula is C15H20FNO. The summed E-state index contributed by atoms with van der Waals surface area (Å²) in [5, 5.41) is 0. The summed E-state index contributed by atoms with van der Waals surface area (Å²) < 4.78 is 13.4. The average Bonchev–Trinajstić information content (AvgIpc) is 2.37. The van der Waals surface area contributed by atoms with Gasteiger partial charge in [0.05, 0.1) is 0 Å². The molecule has 1 saturated heterocycles. The van der Waals surface area contributed by atoms with Crippen LogP contribution in [0.4, 0.5) is 4.39 Å². The van der Waals surface area contributed by atoms with Crippen LogP contribution in [0.25, 0.3) is 0 Å². The maximum atomic E-state index is 13.4. The molecule has 0 aromatic heterocycles. The van der Waals surface area contributed by atoms with Crippen molar-refractivity contribution in [3.8, 4) is 0 Å². The number of hydrogen-bond acceptors (Lipinski definition) is 1. The second-order valence-corrected chi connectivity index (χ2v) is 5.18. The van der Waals surface area contributed by atoms with Crippen LogP contribution in [-0.4, -0.2) is 23.9 Å². The number of hydrogen-bond donors (Lipinski definition) is 0. The third-order valence-electron chi connectivity index (χ3n) is 3.58. The average molecular weight is 249 g/mol.